The fourth-order valence-electron chi connectivity index (χ4n) is 2.96. The number of methoxy groups -OCH3 is 3. The van der Waals surface area contributed by atoms with Crippen molar-refractivity contribution >= 4 is 26.9 Å². The minimum absolute atomic E-state index is 0.313. The minimum atomic E-state index is -3.44. The van der Waals surface area contributed by atoms with Crippen molar-refractivity contribution < 1.29 is 22.6 Å². The lowest BCUT2D eigenvalue weighted by Crippen LogP contribution is -2.34. The Morgan fingerprint density at radius 1 is 1.08 bits per heavy atom. The Balaban J connectivity index is 1.92. The highest BCUT2D eigenvalue weighted by Crippen LogP contribution is 2.41. The van der Waals surface area contributed by atoms with Crippen LogP contribution in [0.15, 0.2) is 39.9 Å². The SMILES string of the molecule is COc1cc(OC)c(C2=CCN(S(=O)(=O)c3cccs3)CC2)c(OC)c1. The number of rotatable bonds is 6. The maximum atomic E-state index is 12.7. The van der Waals surface area contributed by atoms with Crippen molar-refractivity contribution in [3.05, 3.63) is 41.3 Å². The number of nitrogens with zero attached hydrogens (tertiary/aromatic N) is 1. The van der Waals surface area contributed by atoms with E-state index >= 15 is 0 Å². The smallest absolute Gasteiger partial charge is 0.252 e. The molecule has 0 N–H and O–H groups in total. The molecule has 0 bridgehead atoms. The van der Waals surface area contributed by atoms with Crippen molar-refractivity contribution in [2.75, 3.05) is 34.4 Å². The minimum Gasteiger partial charge on any atom is -0.496 e. The van der Waals surface area contributed by atoms with Gasteiger partial charge in [-0.2, -0.15) is 4.31 Å². The average Bonchev–Trinajstić information content (AvgIpc) is 3.22. The summed E-state index contributed by atoms with van der Waals surface area (Å²) in [5.74, 6) is 1.92. The summed E-state index contributed by atoms with van der Waals surface area (Å²) >= 11 is 1.23. The van der Waals surface area contributed by atoms with Crippen molar-refractivity contribution in [2.45, 2.75) is 10.6 Å². The van der Waals surface area contributed by atoms with Gasteiger partial charge in [0.15, 0.2) is 0 Å². The van der Waals surface area contributed by atoms with Gasteiger partial charge in [-0.15, -0.1) is 11.3 Å². The van der Waals surface area contributed by atoms with Crippen LogP contribution < -0.4 is 14.2 Å². The lowest BCUT2D eigenvalue weighted by Gasteiger charge is -2.26. The maximum Gasteiger partial charge on any atom is 0.252 e. The molecule has 0 aliphatic carbocycles. The molecule has 1 aliphatic heterocycles. The van der Waals surface area contributed by atoms with E-state index in [2.05, 4.69) is 0 Å². The molecule has 0 atom stereocenters. The molecule has 2 heterocycles. The third kappa shape index (κ3) is 3.44. The Morgan fingerprint density at radius 3 is 2.23 bits per heavy atom. The van der Waals surface area contributed by atoms with E-state index in [4.69, 9.17) is 14.2 Å². The van der Waals surface area contributed by atoms with Gasteiger partial charge >= 0.3 is 0 Å². The summed E-state index contributed by atoms with van der Waals surface area (Å²) in [6.07, 6.45) is 2.49. The lowest BCUT2D eigenvalue weighted by atomic mass is 9.98. The number of benzene rings is 1. The number of thiophene rings is 1. The Morgan fingerprint density at radius 2 is 1.77 bits per heavy atom. The van der Waals surface area contributed by atoms with E-state index in [0.29, 0.717) is 41.0 Å². The number of ether oxygens (including phenoxy) is 3. The molecule has 0 fully saturated rings. The second-order valence-electron chi connectivity index (χ2n) is 5.68. The summed E-state index contributed by atoms with van der Waals surface area (Å²) in [7, 11) is 1.33. The van der Waals surface area contributed by atoms with Crippen LogP contribution in [0.4, 0.5) is 0 Å². The second kappa shape index (κ2) is 7.69. The van der Waals surface area contributed by atoms with Gasteiger partial charge in [0.2, 0.25) is 0 Å². The predicted octanol–water partition coefficient (Wildman–Crippen LogP) is 3.25. The summed E-state index contributed by atoms with van der Waals surface area (Å²) in [4.78, 5) is 0. The highest BCUT2D eigenvalue weighted by atomic mass is 32.2. The zero-order valence-corrected chi connectivity index (χ0v) is 16.5. The van der Waals surface area contributed by atoms with Crippen molar-refractivity contribution in [1.29, 1.82) is 0 Å². The molecule has 0 spiro atoms. The zero-order chi connectivity index (χ0) is 18.7. The van der Waals surface area contributed by atoms with Crippen LogP contribution in [-0.4, -0.2) is 47.1 Å². The number of sulfonamides is 1. The Kier molecular flexibility index (Phi) is 5.55. The third-order valence-corrected chi connectivity index (χ3v) is 7.54. The molecule has 0 saturated carbocycles. The average molecular weight is 396 g/mol. The molecular weight excluding hydrogens is 374 g/mol. The first-order valence-corrected chi connectivity index (χ1v) is 10.4. The molecule has 0 saturated heterocycles. The highest BCUT2D eigenvalue weighted by Gasteiger charge is 2.28. The van der Waals surface area contributed by atoms with E-state index in [1.807, 2.05) is 6.08 Å². The number of hydrogen-bond donors (Lipinski definition) is 0. The summed E-state index contributed by atoms with van der Waals surface area (Å²) < 4.78 is 43.5. The van der Waals surface area contributed by atoms with Gasteiger partial charge in [-0.3, -0.25) is 0 Å². The van der Waals surface area contributed by atoms with Crippen LogP contribution in [-0.2, 0) is 10.0 Å². The van der Waals surface area contributed by atoms with Crippen LogP contribution in [0.1, 0.15) is 12.0 Å². The van der Waals surface area contributed by atoms with E-state index in [1.165, 1.54) is 15.6 Å². The normalized spacial score (nSPS) is 15.4. The van der Waals surface area contributed by atoms with E-state index < -0.39 is 10.0 Å². The molecule has 3 rings (SSSR count). The van der Waals surface area contributed by atoms with Gasteiger partial charge in [0.05, 0.1) is 26.9 Å². The molecule has 1 aliphatic rings. The van der Waals surface area contributed by atoms with Gasteiger partial charge in [-0.1, -0.05) is 12.1 Å². The quantitative estimate of drug-likeness (QED) is 0.751. The van der Waals surface area contributed by atoms with Crippen LogP contribution in [0, 0.1) is 0 Å². The predicted molar refractivity (Wildman–Crippen MR) is 102 cm³/mol. The van der Waals surface area contributed by atoms with E-state index in [9.17, 15) is 8.42 Å². The van der Waals surface area contributed by atoms with Gasteiger partial charge in [0.1, 0.15) is 21.5 Å². The largest absolute Gasteiger partial charge is 0.496 e. The van der Waals surface area contributed by atoms with Crippen molar-refractivity contribution in [3.8, 4) is 17.2 Å². The monoisotopic (exact) mass is 395 g/mol. The first-order chi connectivity index (χ1) is 12.5. The maximum absolute atomic E-state index is 12.7. The zero-order valence-electron chi connectivity index (χ0n) is 14.9. The molecule has 0 unspecified atom stereocenters. The van der Waals surface area contributed by atoms with E-state index in [-0.39, 0.29) is 0 Å². The molecule has 6 nitrogen and oxygen atoms in total. The van der Waals surface area contributed by atoms with Crippen LogP contribution >= 0.6 is 11.3 Å². The third-order valence-electron chi connectivity index (χ3n) is 4.30. The van der Waals surface area contributed by atoms with Gasteiger partial charge < -0.3 is 14.2 Å². The lowest BCUT2D eigenvalue weighted by molar-refractivity contribution is 0.372. The molecular formula is C18H21NO5S2. The Labute approximate surface area is 157 Å². The van der Waals surface area contributed by atoms with Gasteiger partial charge in [0, 0.05) is 25.2 Å². The molecule has 0 amide bonds. The fourth-order valence-corrected chi connectivity index (χ4v) is 5.48. The molecule has 0 radical (unpaired) electrons. The molecule has 140 valence electrons. The van der Waals surface area contributed by atoms with Crippen molar-refractivity contribution in [3.63, 3.8) is 0 Å². The van der Waals surface area contributed by atoms with Crippen LogP contribution in [0.2, 0.25) is 0 Å². The van der Waals surface area contributed by atoms with E-state index in [0.717, 1.165) is 11.1 Å². The van der Waals surface area contributed by atoms with Crippen LogP contribution in [0.25, 0.3) is 5.57 Å². The number of hydrogen-bond acceptors (Lipinski definition) is 6. The van der Waals surface area contributed by atoms with Gasteiger partial charge in [0.25, 0.3) is 10.0 Å². The van der Waals surface area contributed by atoms with Gasteiger partial charge in [-0.25, -0.2) is 8.42 Å². The standard InChI is InChI=1S/C18H21NO5S2/c1-22-14-11-15(23-2)18(16(12-14)24-3)13-6-8-19(9-7-13)26(20,21)17-5-4-10-25-17/h4-6,10-12H,7-9H2,1-3H3. The highest BCUT2D eigenvalue weighted by molar-refractivity contribution is 7.91. The van der Waals surface area contributed by atoms with E-state index in [1.54, 1.807) is 51.0 Å². The summed E-state index contributed by atoms with van der Waals surface area (Å²) in [6.45, 7) is 0.721. The summed E-state index contributed by atoms with van der Waals surface area (Å²) in [5, 5.41) is 1.77. The molecule has 1 aromatic heterocycles. The molecule has 26 heavy (non-hydrogen) atoms. The van der Waals surface area contributed by atoms with Crippen molar-refractivity contribution in [1.82, 2.24) is 4.31 Å². The topological polar surface area (TPSA) is 65.1 Å². The first-order valence-electron chi connectivity index (χ1n) is 8.04. The van der Waals surface area contributed by atoms with Crippen LogP contribution in [0.5, 0.6) is 17.2 Å². The second-order valence-corrected chi connectivity index (χ2v) is 8.79. The molecule has 1 aromatic carbocycles. The first kappa shape index (κ1) is 18.8. The van der Waals surface area contributed by atoms with Crippen molar-refractivity contribution in [2.24, 2.45) is 0 Å². The van der Waals surface area contributed by atoms with Gasteiger partial charge in [-0.05, 0) is 23.4 Å². The summed E-state index contributed by atoms with van der Waals surface area (Å²) in [6, 6.07) is 6.98. The summed E-state index contributed by atoms with van der Waals surface area (Å²) in [5.41, 5.74) is 1.84. The van der Waals surface area contributed by atoms with Crippen LogP contribution in [0.3, 0.4) is 0 Å². The fraction of sp³-hybridized carbons (Fsp3) is 0.333. The Bertz CT molecular complexity index is 879. The molecule has 2 aromatic rings. The Hall–Kier alpha value is -2.03. The molecule has 8 heteroatoms.